The molecule has 4 aromatic rings. The topological polar surface area (TPSA) is 417 Å². The van der Waals surface area contributed by atoms with Crippen LogP contribution in [0.15, 0.2) is 119 Å². The van der Waals surface area contributed by atoms with Gasteiger partial charge in [-0.05, 0) is 24.3 Å². The van der Waals surface area contributed by atoms with Gasteiger partial charge in [0.2, 0.25) is 0 Å². The summed E-state index contributed by atoms with van der Waals surface area (Å²) < 4.78 is 0. The first-order chi connectivity index (χ1) is 23.6. The Morgan fingerprint density at radius 3 is 0.889 bits per heavy atom. The third-order valence-electron chi connectivity index (χ3n) is 5.35. The van der Waals surface area contributed by atoms with Crippen molar-refractivity contribution in [2.75, 3.05) is 0 Å². The van der Waals surface area contributed by atoms with Crippen molar-refractivity contribution in [3.05, 3.63) is 182 Å². The Morgan fingerprint density at radius 2 is 0.685 bits per heavy atom. The molecule has 0 atom stereocenters. The van der Waals surface area contributed by atoms with E-state index in [0.29, 0.717) is 22.6 Å². The Kier molecular flexibility index (Phi) is 29.1. The molecule has 0 aliphatic carbocycles. The summed E-state index contributed by atoms with van der Waals surface area (Å²) in [5.74, 6) is 0. The molecule has 26 heteroatoms. The van der Waals surface area contributed by atoms with Crippen LogP contribution in [0.4, 0.5) is 21.0 Å². The molecule has 0 heterocycles. The van der Waals surface area contributed by atoms with Crippen LogP contribution in [0, 0.1) is 50.9 Å². The minimum absolute atomic E-state index is 0. The van der Waals surface area contributed by atoms with E-state index in [4.69, 9.17) is 42.1 Å². The average Bonchev–Trinajstić information content (AvgIpc) is 3.06. The molecular formula is C28H28Ag2N10O14. The minimum atomic E-state index is -1.75. The van der Waals surface area contributed by atoms with Crippen molar-refractivity contribution >= 4 is 34.9 Å². The van der Waals surface area contributed by atoms with Crippen molar-refractivity contribution in [3.8, 4) is 0 Å². The molecule has 0 aliphatic heterocycles. The van der Waals surface area contributed by atoms with Gasteiger partial charge in [-0.3, -0.25) is 20.2 Å². The van der Waals surface area contributed by atoms with E-state index in [1.165, 1.54) is 24.3 Å². The Morgan fingerprint density at radius 1 is 0.463 bits per heavy atom. The fourth-order valence-corrected chi connectivity index (χ4v) is 3.49. The molecule has 54 heavy (non-hydrogen) atoms. The van der Waals surface area contributed by atoms with Crippen LogP contribution in [0.3, 0.4) is 0 Å². The van der Waals surface area contributed by atoms with Gasteiger partial charge in [-0.1, -0.05) is 60.7 Å². The van der Waals surface area contributed by atoms with Gasteiger partial charge in [-0.2, -0.15) is 10.2 Å². The molecule has 0 fully saturated rings. The van der Waals surface area contributed by atoms with Crippen LogP contribution >= 0.6 is 0 Å². The van der Waals surface area contributed by atoms with Crippen molar-refractivity contribution in [1.29, 1.82) is 0 Å². The maximum absolute atomic E-state index is 10.8. The van der Waals surface area contributed by atoms with Crippen LogP contribution in [0.5, 0.6) is 0 Å². The minimum Gasteiger partial charge on any atom is -0.412 e. The first-order valence-electron chi connectivity index (χ1n) is 13.1. The van der Waals surface area contributed by atoms with Crippen molar-refractivity contribution in [1.82, 2.24) is 10.9 Å². The van der Waals surface area contributed by atoms with Gasteiger partial charge in [0.05, 0.1) is 31.4 Å². The van der Waals surface area contributed by atoms with E-state index >= 15 is 0 Å². The Labute approximate surface area is 333 Å². The molecule has 4 rings (SSSR count). The van der Waals surface area contributed by atoms with E-state index < -0.39 is 32.1 Å². The second-order valence-corrected chi connectivity index (χ2v) is 8.66. The molecule has 10 N–H and O–H groups in total. The summed E-state index contributed by atoms with van der Waals surface area (Å²) >= 11 is 0. The maximum atomic E-state index is 10.8. The molecule has 0 unspecified atom stereocenters. The summed E-state index contributed by atoms with van der Waals surface area (Å²) in [5.41, 5.74) is 18.0. The number of hydrogen-bond donors (Lipinski definition) is 4. The number of hydrazone groups is 2. The summed E-state index contributed by atoms with van der Waals surface area (Å²) in [6.45, 7) is 0. The van der Waals surface area contributed by atoms with Gasteiger partial charge in [0.15, 0.2) is 0 Å². The number of nitro groups is 2. The van der Waals surface area contributed by atoms with Crippen molar-refractivity contribution in [3.63, 3.8) is 0 Å². The first-order valence-corrected chi connectivity index (χ1v) is 13.1. The molecule has 296 valence electrons. The smallest absolute Gasteiger partial charge is 0.412 e. The van der Waals surface area contributed by atoms with Crippen LogP contribution in [-0.4, -0.2) is 54.5 Å². The number of carbonyl (C=O) groups excluding carboxylic acids is 2. The van der Waals surface area contributed by atoms with E-state index in [1.54, 1.807) is 24.3 Å². The maximum Gasteiger partial charge on any atom is 1.00 e. The van der Waals surface area contributed by atoms with Gasteiger partial charge in [-0.25, -0.2) is 20.4 Å². The number of rotatable bonds is 8. The third kappa shape index (κ3) is 22.2. The number of non-ortho nitro benzene ring substituents is 2. The van der Waals surface area contributed by atoms with Gasteiger partial charge in [0.1, 0.15) is 0 Å². The first kappa shape index (κ1) is 54.1. The molecule has 24 nitrogen and oxygen atoms in total. The van der Waals surface area contributed by atoms with Gasteiger partial charge >= 0.3 is 56.8 Å². The van der Waals surface area contributed by atoms with Crippen LogP contribution in [0.2, 0.25) is 0 Å². The fourth-order valence-electron chi connectivity index (χ4n) is 3.49. The van der Waals surface area contributed by atoms with Crippen LogP contribution in [0.25, 0.3) is 0 Å². The standard InChI is InChI=1S/2C14H12N4O3.2Ag.2NO3.2H2O/c2*15-14(19)17-16-13(10-4-2-1-3-5-10)11-6-8-12(9-7-11)18(20)21;;;2*2-1(3)4;;/h2*1-9H,(H3,15,17,19);;;;;2*1H2/q;;2*+1;2*-1;;/b2*16-13+;;;;;;. The number of carbonyl (C=O) groups is 2. The summed E-state index contributed by atoms with van der Waals surface area (Å²) in [6.07, 6.45) is 0. The predicted molar refractivity (Wildman–Crippen MR) is 184 cm³/mol. The van der Waals surface area contributed by atoms with E-state index in [9.17, 15) is 29.8 Å². The number of benzene rings is 4. The second-order valence-electron chi connectivity index (χ2n) is 8.66. The molecule has 4 aromatic carbocycles. The summed E-state index contributed by atoms with van der Waals surface area (Å²) in [7, 11) is 0. The zero-order valence-corrected chi connectivity index (χ0v) is 29.7. The van der Waals surface area contributed by atoms with E-state index in [0.717, 1.165) is 11.1 Å². The zero-order chi connectivity index (χ0) is 37.6. The molecule has 4 amide bonds. The number of amides is 4. The predicted octanol–water partition coefficient (Wildman–Crippen LogP) is 1.90. The van der Waals surface area contributed by atoms with Gasteiger partial charge in [-0.15, -0.1) is 0 Å². The molecule has 0 aromatic heterocycles. The summed E-state index contributed by atoms with van der Waals surface area (Å²) in [6, 6.07) is 28.4. The quantitative estimate of drug-likeness (QED) is 0.0852. The number of nitro benzene ring substituents is 2. The molecule has 0 saturated heterocycles. The fraction of sp³-hybridized carbons (Fsp3) is 0. The Bertz CT molecular complexity index is 1700. The zero-order valence-electron chi connectivity index (χ0n) is 26.7. The Balaban J connectivity index is -0.000000363. The van der Waals surface area contributed by atoms with Crippen molar-refractivity contribution in [2.45, 2.75) is 0 Å². The summed E-state index contributed by atoms with van der Waals surface area (Å²) in [4.78, 5) is 58.5. The second kappa shape index (κ2) is 29.0. The van der Waals surface area contributed by atoms with Crippen molar-refractivity contribution < 1.29 is 85.3 Å². The van der Waals surface area contributed by atoms with Crippen molar-refractivity contribution in [2.24, 2.45) is 21.7 Å². The third-order valence-corrected chi connectivity index (χ3v) is 5.35. The number of urea groups is 2. The van der Waals surface area contributed by atoms with Gasteiger partial charge in [0, 0.05) is 46.5 Å². The molecule has 0 aliphatic rings. The molecule has 0 saturated carbocycles. The van der Waals surface area contributed by atoms with Gasteiger partial charge < -0.3 is 53.1 Å². The van der Waals surface area contributed by atoms with E-state index in [1.807, 2.05) is 60.7 Å². The van der Waals surface area contributed by atoms with Crippen LogP contribution in [0.1, 0.15) is 22.3 Å². The number of nitrogens with zero attached hydrogens (tertiary/aromatic N) is 6. The van der Waals surface area contributed by atoms with E-state index in [-0.39, 0.29) is 67.1 Å². The number of nitrogens with one attached hydrogen (secondary N) is 2. The molecule has 0 radical (unpaired) electrons. The SMILES string of the molecule is NC(=O)N/N=C(\c1ccccc1)c1ccc([N+](=O)[O-])cc1.NC(=O)N/N=C(\c1ccccc1)c1ccc([N+](=O)[O-])cc1.O.O.O=[N+]([O-])[O-].O=[N+]([O-])[O-].[Ag+].[Ag+]. The molecule has 0 spiro atoms. The molecule has 0 bridgehead atoms. The molecular weight excluding hydrogens is 916 g/mol. The monoisotopic (exact) mass is 942 g/mol. The normalized spacial score (nSPS) is 9.41. The number of hydrogen-bond acceptors (Lipinski definition) is 14. The number of nitrogens with two attached hydrogens (primary N) is 2. The number of primary amides is 2. The Hall–Kier alpha value is -6.64. The van der Waals surface area contributed by atoms with Gasteiger partial charge in [0.25, 0.3) is 11.4 Å². The average molecular weight is 944 g/mol. The van der Waals surface area contributed by atoms with E-state index in [2.05, 4.69) is 21.1 Å². The van der Waals surface area contributed by atoms with Crippen LogP contribution in [-0.2, 0) is 44.8 Å². The largest absolute Gasteiger partial charge is 1.00 e. The summed E-state index contributed by atoms with van der Waals surface area (Å²) in [5, 5.41) is 58.8. The van der Waals surface area contributed by atoms with Crippen LogP contribution < -0.4 is 22.3 Å².